The van der Waals surface area contributed by atoms with E-state index in [0.29, 0.717) is 18.2 Å². The molecular formula is C17H19N3O. The lowest BCUT2D eigenvalue weighted by Gasteiger charge is -2.17. The molecule has 2 aromatic rings. The van der Waals surface area contributed by atoms with Crippen molar-refractivity contribution < 1.29 is 4.79 Å². The second kappa shape index (κ2) is 5.56. The highest BCUT2D eigenvalue weighted by molar-refractivity contribution is 5.95. The third-order valence-electron chi connectivity index (χ3n) is 3.93. The number of para-hydroxylation sites is 1. The molecule has 1 amide bonds. The number of carbonyl (C=O) groups excluding carboxylic acids is 1. The summed E-state index contributed by atoms with van der Waals surface area (Å²) in [6.45, 7) is 2.67. The van der Waals surface area contributed by atoms with Gasteiger partial charge in [-0.05, 0) is 43.0 Å². The number of aromatic nitrogens is 1. The van der Waals surface area contributed by atoms with Gasteiger partial charge in [-0.1, -0.05) is 24.3 Å². The first-order valence-corrected chi connectivity index (χ1v) is 7.21. The van der Waals surface area contributed by atoms with Gasteiger partial charge in [-0.3, -0.25) is 4.79 Å². The smallest absolute Gasteiger partial charge is 0.227 e. The highest BCUT2D eigenvalue weighted by Crippen LogP contribution is 2.28. The van der Waals surface area contributed by atoms with Crippen LogP contribution in [0, 0.1) is 12.8 Å². The first kappa shape index (κ1) is 13.6. The molecule has 21 heavy (non-hydrogen) atoms. The number of nitrogens with zero attached hydrogens (tertiary/aromatic N) is 2. The van der Waals surface area contributed by atoms with Crippen molar-refractivity contribution in [1.29, 1.82) is 0 Å². The Kier molecular flexibility index (Phi) is 3.60. The molecule has 2 heterocycles. The lowest BCUT2D eigenvalue weighted by atomic mass is 9.99. The van der Waals surface area contributed by atoms with Gasteiger partial charge in [0.05, 0.1) is 0 Å². The van der Waals surface area contributed by atoms with Gasteiger partial charge < -0.3 is 10.6 Å². The molecule has 1 aromatic heterocycles. The van der Waals surface area contributed by atoms with Gasteiger partial charge in [-0.25, -0.2) is 4.98 Å². The van der Waals surface area contributed by atoms with Crippen molar-refractivity contribution in [3.05, 3.63) is 53.7 Å². The van der Waals surface area contributed by atoms with Gasteiger partial charge in [0.2, 0.25) is 5.91 Å². The number of nitrogen functional groups attached to an aromatic ring is 1. The highest BCUT2D eigenvalue weighted by atomic mass is 16.2. The average Bonchev–Trinajstić information content (AvgIpc) is 2.84. The molecule has 2 N–H and O–H groups in total. The maximum Gasteiger partial charge on any atom is 0.227 e. The molecule has 0 radical (unpaired) electrons. The molecule has 0 aliphatic carbocycles. The van der Waals surface area contributed by atoms with Crippen LogP contribution < -0.4 is 10.6 Å². The van der Waals surface area contributed by atoms with Gasteiger partial charge in [-0.2, -0.15) is 0 Å². The standard InChI is InChI=1S/C17H19N3O/c1-12-7-8-14(17(18)19-12)9-13-10-16(21)20(11-13)15-5-3-2-4-6-15/h2-8,13H,9-11H2,1H3,(H2,18,19)/t13-/m1/s1. The number of amides is 1. The molecule has 3 rings (SSSR count). The topological polar surface area (TPSA) is 59.2 Å². The number of benzene rings is 1. The zero-order valence-corrected chi connectivity index (χ0v) is 12.1. The minimum atomic E-state index is 0.185. The number of anilines is 2. The van der Waals surface area contributed by atoms with Crippen LogP contribution in [-0.2, 0) is 11.2 Å². The van der Waals surface area contributed by atoms with E-state index >= 15 is 0 Å². The monoisotopic (exact) mass is 281 g/mol. The Bertz CT molecular complexity index is 654. The van der Waals surface area contributed by atoms with Gasteiger partial charge >= 0.3 is 0 Å². The van der Waals surface area contributed by atoms with Crippen LogP contribution >= 0.6 is 0 Å². The molecule has 4 nitrogen and oxygen atoms in total. The third-order valence-corrected chi connectivity index (χ3v) is 3.93. The molecule has 1 fully saturated rings. The molecule has 4 heteroatoms. The van der Waals surface area contributed by atoms with Crippen molar-refractivity contribution in [3.63, 3.8) is 0 Å². The lowest BCUT2D eigenvalue weighted by molar-refractivity contribution is -0.117. The first-order valence-electron chi connectivity index (χ1n) is 7.21. The number of carbonyl (C=O) groups is 1. The summed E-state index contributed by atoms with van der Waals surface area (Å²) in [5.74, 6) is 1.06. The quantitative estimate of drug-likeness (QED) is 0.940. The SMILES string of the molecule is Cc1ccc(C[C@@H]2CC(=O)N(c3ccccc3)C2)c(N)n1. The molecule has 1 atom stereocenters. The number of hydrogen-bond acceptors (Lipinski definition) is 3. The van der Waals surface area contributed by atoms with Crippen LogP contribution in [0.1, 0.15) is 17.7 Å². The fourth-order valence-electron chi connectivity index (χ4n) is 2.87. The first-order chi connectivity index (χ1) is 10.1. The number of pyridine rings is 1. The van der Waals surface area contributed by atoms with E-state index in [1.807, 2.05) is 54.3 Å². The maximum atomic E-state index is 12.2. The van der Waals surface area contributed by atoms with Crippen LogP contribution in [0.5, 0.6) is 0 Å². The molecule has 0 saturated carbocycles. The normalized spacial score (nSPS) is 18.2. The zero-order valence-electron chi connectivity index (χ0n) is 12.1. The van der Waals surface area contributed by atoms with E-state index in [2.05, 4.69) is 4.98 Å². The Balaban J connectivity index is 1.73. The second-order valence-corrected chi connectivity index (χ2v) is 5.61. The fourth-order valence-corrected chi connectivity index (χ4v) is 2.87. The van der Waals surface area contributed by atoms with Crippen LogP contribution in [0.2, 0.25) is 0 Å². The van der Waals surface area contributed by atoms with Gasteiger partial charge in [-0.15, -0.1) is 0 Å². The van der Waals surface area contributed by atoms with Crippen LogP contribution in [0.25, 0.3) is 0 Å². The molecule has 0 spiro atoms. The average molecular weight is 281 g/mol. The van der Waals surface area contributed by atoms with E-state index < -0.39 is 0 Å². The molecule has 1 aromatic carbocycles. The molecule has 108 valence electrons. The van der Waals surface area contributed by atoms with Crippen LogP contribution in [0.3, 0.4) is 0 Å². The Morgan fingerprint density at radius 2 is 2.00 bits per heavy atom. The van der Waals surface area contributed by atoms with Crippen molar-refractivity contribution in [3.8, 4) is 0 Å². The molecule has 1 saturated heterocycles. The van der Waals surface area contributed by atoms with Crippen LogP contribution in [-0.4, -0.2) is 17.4 Å². The minimum Gasteiger partial charge on any atom is -0.383 e. The predicted octanol–water partition coefficient (Wildman–Crippen LogP) is 2.57. The second-order valence-electron chi connectivity index (χ2n) is 5.61. The van der Waals surface area contributed by atoms with E-state index in [1.54, 1.807) is 0 Å². The largest absolute Gasteiger partial charge is 0.383 e. The summed E-state index contributed by atoms with van der Waals surface area (Å²) in [7, 11) is 0. The zero-order chi connectivity index (χ0) is 14.8. The molecule has 1 aliphatic heterocycles. The lowest BCUT2D eigenvalue weighted by Crippen LogP contribution is -2.24. The maximum absolute atomic E-state index is 12.2. The Morgan fingerprint density at radius 3 is 2.71 bits per heavy atom. The fraction of sp³-hybridized carbons (Fsp3) is 0.294. The summed E-state index contributed by atoms with van der Waals surface area (Å²) in [6, 6.07) is 13.8. The summed E-state index contributed by atoms with van der Waals surface area (Å²) >= 11 is 0. The van der Waals surface area contributed by atoms with Crippen molar-refractivity contribution >= 4 is 17.4 Å². The number of nitrogens with two attached hydrogens (primary N) is 1. The van der Waals surface area contributed by atoms with Crippen molar-refractivity contribution in [1.82, 2.24) is 4.98 Å². The van der Waals surface area contributed by atoms with Crippen LogP contribution in [0.15, 0.2) is 42.5 Å². The van der Waals surface area contributed by atoms with E-state index in [9.17, 15) is 4.79 Å². The van der Waals surface area contributed by atoms with Gasteiger partial charge in [0.15, 0.2) is 0 Å². The van der Waals surface area contributed by atoms with Gasteiger partial charge in [0.1, 0.15) is 5.82 Å². The van der Waals surface area contributed by atoms with E-state index in [-0.39, 0.29) is 5.91 Å². The summed E-state index contributed by atoms with van der Waals surface area (Å²) in [4.78, 5) is 18.3. The number of aryl methyl sites for hydroxylation is 1. The summed E-state index contributed by atoms with van der Waals surface area (Å²) < 4.78 is 0. The van der Waals surface area contributed by atoms with Crippen molar-refractivity contribution in [2.24, 2.45) is 5.92 Å². The predicted molar refractivity (Wildman–Crippen MR) is 84.0 cm³/mol. The Hall–Kier alpha value is -2.36. The van der Waals surface area contributed by atoms with Crippen molar-refractivity contribution in [2.45, 2.75) is 19.8 Å². The van der Waals surface area contributed by atoms with Crippen LogP contribution in [0.4, 0.5) is 11.5 Å². The molecule has 1 aliphatic rings. The van der Waals surface area contributed by atoms with E-state index in [1.165, 1.54) is 0 Å². The highest BCUT2D eigenvalue weighted by Gasteiger charge is 2.30. The van der Waals surface area contributed by atoms with Crippen molar-refractivity contribution in [2.75, 3.05) is 17.2 Å². The molecular weight excluding hydrogens is 262 g/mol. The van der Waals surface area contributed by atoms with E-state index in [4.69, 9.17) is 5.73 Å². The summed E-state index contributed by atoms with van der Waals surface area (Å²) in [5, 5.41) is 0. The summed E-state index contributed by atoms with van der Waals surface area (Å²) in [6.07, 6.45) is 1.37. The molecule has 0 bridgehead atoms. The number of hydrogen-bond donors (Lipinski definition) is 1. The van der Waals surface area contributed by atoms with Gasteiger partial charge in [0, 0.05) is 24.3 Å². The molecule has 0 unspecified atom stereocenters. The van der Waals surface area contributed by atoms with Gasteiger partial charge in [0.25, 0.3) is 0 Å². The Morgan fingerprint density at radius 1 is 1.24 bits per heavy atom. The number of rotatable bonds is 3. The third kappa shape index (κ3) is 2.89. The van der Waals surface area contributed by atoms with E-state index in [0.717, 1.165) is 29.9 Å². The minimum absolute atomic E-state index is 0.185. The Labute approximate surface area is 124 Å². The summed E-state index contributed by atoms with van der Waals surface area (Å²) in [5.41, 5.74) is 8.90.